The zero-order valence-electron chi connectivity index (χ0n) is 12.8. The van der Waals surface area contributed by atoms with Gasteiger partial charge in [0.15, 0.2) is 11.6 Å². The van der Waals surface area contributed by atoms with Gasteiger partial charge in [-0.3, -0.25) is 4.79 Å². The van der Waals surface area contributed by atoms with E-state index in [4.69, 9.17) is 5.73 Å². The maximum Gasteiger partial charge on any atom is 0.254 e. The molecular formula is C16H24FN3O. The monoisotopic (exact) mass is 293 g/mol. The molecule has 1 aromatic heterocycles. The summed E-state index contributed by atoms with van der Waals surface area (Å²) < 4.78 is 13.8. The minimum Gasteiger partial charge on any atom is -0.381 e. The Morgan fingerprint density at radius 1 is 1.48 bits per heavy atom. The Labute approximate surface area is 125 Å². The molecule has 0 atom stereocenters. The molecule has 0 unspecified atom stereocenters. The van der Waals surface area contributed by atoms with E-state index >= 15 is 0 Å². The third kappa shape index (κ3) is 3.71. The molecule has 0 radical (unpaired) electrons. The van der Waals surface area contributed by atoms with E-state index < -0.39 is 11.7 Å². The van der Waals surface area contributed by atoms with Crippen LogP contribution >= 0.6 is 0 Å². The molecule has 1 fully saturated rings. The third-order valence-electron chi connectivity index (χ3n) is 4.29. The number of carbonyl (C=O) groups is 1. The predicted molar refractivity (Wildman–Crippen MR) is 81.3 cm³/mol. The van der Waals surface area contributed by atoms with Crippen LogP contribution in [0.3, 0.4) is 0 Å². The number of nitrogen functional groups attached to an aromatic ring is 1. The van der Waals surface area contributed by atoms with Gasteiger partial charge in [0.1, 0.15) is 0 Å². The molecule has 0 saturated heterocycles. The van der Waals surface area contributed by atoms with Gasteiger partial charge in [-0.25, -0.2) is 9.37 Å². The number of amides is 1. The summed E-state index contributed by atoms with van der Waals surface area (Å²) in [7, 11) is 0. The van der Waals surface area contributed by atoms with Crippen LogP contribution in [0.25, 0.3) is 0 Å². The lowest BCUT2D eigenvalue weighted by atomic mass is 9.78. The topological polar surface area (TPSA) is 68.0 Å². The van der Waals surface area contributed by atoms with Crippen LogP contribution in [0.4, 0.5) is 10.2 Å². The number of hydrogen-bond donors (Lipinski definition) is 2. The molecular weight excluding hydrogens is 269 g/mol. The Morgan fingerprint density at radius 3 is 2.76 bits per heavy atom. The number of carbonyl (C=O) groups excluding carboxylic acids is 1. The molecule has 1 saturated carbocycles. The molecule has 1 aliphatic rings. The zero-order valence-corrected chi connectivity index (χ0v) is 12.8. The van der Waals surface area contributed by atoms with Crippen molar-refractivity contribution in [2.75, 3.05) is 12.3 Å². The highest BCUT2D eigenvalue weighted by Gasteiger charge is 2.34. The van der Waals surface area contributed by atoms with E-state index in [2.05, 4.69) is 24.1 Å². The van der Waals surface area contributed by atoms with E-state index in [9.17, 15) is 9.18 Å². The highest BCUT2D eigenvalue weighted by Crippen LogP contribution is 2.42. The van der Waals surface area contributed by atoms with Crippen LogP contribution in [0.1, 0.15) is 56.3 Å². The van der Waals surface area contributed by atoms with Gasteiger partial charge in [-0.15, -0.1) is 0 Å². The maximum absolute atomic E-state index is 13.8. The average Bonchev–Trinajstić information content (AvgIpc) is 2.87. The smallest absolute Gasteiger partial charge is 0.254 e. The number of aromatic nitrogens is 1. The fourth-order valence-electron chi connectivity index (χ4n) is 3.44. The largest absolute Gasteiger partial charge is 0.381 e. The first-order valence-corrected chi connectivity index (χ1v) is 7.62. The summed E-state index contributed by atoms with van der Waals surface area (Å²) in [5, 5.41) is 2.89. The van der Waals surface area contributed by atoms with Crippen molar-refractivity contribution in [1.29, 1.82) is 0 Å². The molecule has 3 N–H and O–H groups in total. The Morgan fingerprint density at radius 2 is 2.14 bits per heavy atom. The number of rotatable bonds is 5. The second-order valence-corrected chi connectivity index (χ2v) is 6.55. The number of nitrogens with one attached hydrogen (secondary N) is 1. The van der Waals surface area contributed by atoms with Crippen molar-refractivity contribution < 1.29 is 9.18 Å². The van der Waals surface area contributed by atoms with Crippen LogP contribution in [-0.4, -0.2) is 17.4 Å². The van der Waals surface area contributed by atoms with Crippen molar-refractivity contribution >= 4 is 11.7 Å². The van der Waals surface area contributed by atoms with Crippen molar-refractivity contribution in [1.82, 2.24) is 10.3 Å². The second-order valence-electron chi connectivity index (χ2n) is 6.55. The second kappa shape index (κ2) is 6.41. The molecule has 1 aliphatic carbocycles. The van der Waals surface area contributed by atoms with E-state index in [-0.39, 0.29) is 16.8 Å². The van der Waals surface area contributed by atoms with E-state index in [1.807, 2.05) is 0 Å². The molecule has 116 valence electrons. The van der Waals surface area contributed by atoms with Gasteiger partial charge in [0.2, 0.25) is 0 Å². The standard InChI is InChI=1S/C16H24FN3O/c1-11(2)9-16(6-3-4-7-16)10-20-15(21)12-5-8-19-14(18)13(12)17/h5,8,11H,3-4,6-7,9-10H2,1-2H3,(H2,18,19)(H,20,21). The van der Waals surface area contributed by atoms with Crippen molar-refractivity contribution in [3.05, 3.63) is 23.6 Å². The molecule has 0 aliphatic heterocycles. The first kappa shape index (κ1) is 15.7. The van der Waals surface area contributed by atoms with Gasteiger partial charge in [0.25, 0.3) is 5.91 Å². The summed E-state index contributed by atoms with van der Waals surface area (Å²) in [4.78, 5) is 15.8. The lowest BCUT2D eigenvalue weighted by Crippen LogP contribution is -2.37. The summed E-state index contributed by atoms with van der Waals surface area (Å²) in [5.41, 5.74) is 5.54. The van der Waals surface area contributed by atoms with E-state index in [0.717, 1.165) is 19.3 Å². The molecule has 0 spiro atoms. The quantitative estimate of drug-likeness (QED) is 0.876. The summed E-state index contributed by atoms with van der Waals surface area (Å²) in [6.45, 7) is 5.00. The summed E-state index contributed by atoms with van der Waals surface area (Å²) in [5.74, 6) is -0.787. The summed E-state index contributed by atoms with van der Waals surface area (Å²) in [6.07, 6.45) is 7.12. The van der Waals surface area contributed by atoms with Crippen LogP contribution in [0.15, 0.2) is 12.3 Å². The fraction of sp³-hybridized carbons (Fsp3) is 0.625. The average molecular weight is 293 g/mol. The normalized spacial score (nSPS) is 17.1. The summed E-state index contributed by atoms with van der Waals surface area (Å²) in [6, 6.07) is 1.37. The molecule has 4 nitrogen and oxygen atoms in total. The molecule has 5 heteroatoms. The molecule has 0 aromatic carbocycles. The highest BCUT2D eigenvalue weighted by molar-refractivity contribution is 5.95. The zero-order chi connectivity index (χ0) is 15.5. The van der Waals surface area contributed by atoms with Crippen molar-refractivity contribution in [3.8, 4) is 0 Å². The number of hydrogen-bond acceptors (Lipinski definition) is 3. The van der Waals surface area contributed by atoms with Gasteiger partial charge in [0, 0.05) is 12.7 Å². The van der Waals surface area contributed by atoms with Gasteiger partial charge in [-0.2, -0.15) is 0 Å². The van der Waals surface area contributed by atoms with E-state index in [1.54, 1.807) is 0 Å². The van der Waals surface area contributed by atoms with Crippen molar-refractivity contribution in [2.24, 2.45) is 11.3 Å². The van der Waals surface area contributed by atoms with Gasteiger partial charge in [0.05, 0.1) is 5.56 Å². The Balaban J connectivity index is 2.04. The minimum atomic E-state index is -0.737. The first-order chi connectivity index (χ1) is 9.93. The van der Waals surface area contributed by atoms with Crippen LogP contribution in [0.5, 0.6) is 0 Å². The van der Waals surface area contributed by atoms with E-state index in [1.165, 1.54) is 25.1 Å². The Hall–Kier alpha value is -1.65. The number of anilines is 1. The van der Waals surface area contributed by atoms with Crippen LogP contribution < -0.4 is 11.1 Å². The number of nitrogens with zero attached hydrogens (tertiary/aromatic N) is 1. The Bertz CT molecular complexity index is 510. The molecule has 2 rings (SSSR count). The Kier molecular flexibility index (Phi) is 4.80. The predicted octanol–water partition coefficient (Wildman–Crippen LogP) is 3.14. The summed E-state index contributed by atoms with van der Waals surface area (Å²) >= 11 is 0. The third-order valence-corrected chi connectivity index (χ3v) is 4.29. The highest BCUT2D eigenvalue weighted by atomic mass is 19.1. The maximum atomic E-state index is 13.8. The molecule has 1 aromatic rings. The molecule has 21 heavy (non-hydrogen) atoms. The van der Waals surface area contributed by atoms with Crippen LogP contribution in [0, 0.1) is 17.2 Å². The number of pyridine rings is 1. The van der Waals surface area contributed by atoms with Gasteiger partial charge >= 0.3 is 0 Å². The minimum absolute atomic E-state index is 0.0276. The fourth-order valence-corrected chi connectivity index (χ4v) is 3.44. The van der Waals surface area contributed by atoms with Crippen LogP contribution in [-0.2, 0) is 0 Å². The molecule has 0 bridgehead atoms. The number of halogens is 1. The van der Waals surface area contributed by atoms with Crippen molar-refractivity contribution in [2.45, 2.75) is 46.0 Å². The van der Waals surface area contributed by atoms with Gasteiger partial charge < -0.3 is 11.1 Å². The number of nitrogens with two attached hydrogens (primary N) is 1. The molecule has 1 heterocycles. The molecule has 1 amide bonds. The van der Waals surface area contributed by atoms with Gasteiger partial charge in [-0.1, -0.05) is 26.7 Å². The van der Waals surface area contributed by atoms with Crippen molar-refractivity contribution in [3.63, 3.8) is 0 Å². The van der Waals surface area contributed by atoms with E-state index in [0.29, 0.717) is 12.5 Å². The lowest BCUT2D eigenvalue weighted by molar-refractivity contribution is 0.0917. The van der Waals surface area contributed by atoms with Crippen LogP contribution in [0.2, 0.25) is 0 Å². The lowest BCUT2D eigenvalue weighted by Gasteiger charge is -2.31. The van der Waals surface area contributed by atoms with Gasteiger partial charge in [-0.05, 0) is 36.7 Å². The SMILES string of the molecule is CC(C)CC1(CNC(=O)c2ccnc(N)c2F)CCCC1. The first-order valence-electron chi connectivity index (χ1n) is 7.62.